The van der Waals surface area contributed by atoms with Gasteiger partial charge in [-0.2, -0.15) is 0 Å². The van der Waals surface area contributed by atoms with Crippen molar-refractivity contribution in [2.24, 2.45) is 5.92 Å². The summed E-state index contributed by atoms with van der Waals surface area (Å²) in [5, 5.41) is 16.8. The number of phenols is 1. The number of phenolic OH excluding ortho intramolecular Hbond substituents is 1. The van der Waals surface area contributed by atoms with Gasteiger partial charge in [0, 0.05) is 18.2 Å². The Morgan fingerprint density at radius 2 is 1.72 bits per heavy atom. The van der Waals surface area contributed by atoms with E-state index in [1.54, 1.807) is 49.9 Å². The average Bonchev–Trinajstić information content (AvgIpc) is 2.88. The maximum absolute atomic E-state index is 14.3. The monoisotopic (exact) mass is 545 g/mol. The Hall–Kier alpha value is -2.77. The zero-order valence-electron chi connectivity index (χ0n) is 24.9. The van der Waals surface area contributed by atoms with Crippen LogP contribution in [-0.4, -0.2) is 52.1 Å². The first-order valence-electron chi connectivity index (χ1n) is 14.9. The first kappa shape index (κ1) is 32.4. The van der Waals surface area contributed by atoms with Crippen molar-refractivity contribution >= 4 is 17.9 Å². The van der Waals surface area contributed by atoms with Crippen LogP contribution in [0.2, 0.25) is 0 Å². The van der Waals surface area contributed by atoms with Crippen molar-refractivity contribution in [3.63, 3.8) is 0 Å². The molecule has 0 heterocycles. The molecular weight excluding hydrogens is 494 g/mol. The second-order valence-corrected chi connectivity index (χ2v) is 11.9. The van der Waals surface area contributed by atoms with E-state index >= 15 is 0 Å². The van der Waals surface area contributed by atoms with Crippen LogP contribution in [0.4, 0.5) is 4.79 Å². The second-order valence-electron chi connectivity index (χ2n) is 11.9. The van der Waals surface area contributed by atoms with Crippen LogP contribution < -0.4 is 10.6 Å². The Kier molecular flexibility index (Phi) is 13.1. The lowest BCUT2D eigenvalue weighted by Gasteiger charge is -2.37. The number of unbranched alkanes of at least 4 members (excludes halogenated alkanes) is 3. The number of carbonyl (C=O) groups excluding carboxylic acids is 3. The van der Waals surface area contributed by atoms with Crippen molar-refractivity contribution in [1.82, 2.24) is 15.5 Å². The highest BCUT2D eigenvalue weighted by Gasteiger charge is 2.39. The van der Waals surface area contributed by atoms with Crippen molar-refractivity contribution < 1.29 is 24.2 Å². The molecule has 3 unspecified atom stereocenters. The molecule has 1 aromatic carbocycles. The number of alkyl carbamates (subject to hydrolysis) is 1. The predicted octanol–water partition coefficient (Wildman–Crippen LogP) is 6.23. The fraction of sp³-hybridized carbons (Fsp3) is 0.710. The molecule has 3 N–H and O–H groups in total. The SMILES string of the molecule is CCCCCCN(C(=O)C(NC(=O)OC(C)(C)C)C(C)CC)C(C(=O)NC1CCCCC1)c1ccccc1O. The second kappa shape index (κ2) is 15.7. The number of benzene rings is 1. The van der Waals surface area contributed by atoms with Crippen LogP contribution in [0.1, 0.15) is 117 Å². The lowest BCUT2D eigenvalue weighted by Crippen LogP contribution is -2.56. The molecule has 0 aliphatic heterocycles. The highest BCUT2D eigenvalue weighted by Crippen LogP contribution is 2.32. The number of para-hydroxylation sites is 1. The van der Waals surface area contributed by atoms with E-state index in [2.05, 4.69) is 17.6 Å². The van der Waals surface area contributed by atoms with Gasteiger partial charge in [-0.25, -0.2) is 4.79 Å². The van der Waals surface area contributed by atoms with Crippen LogP contribution >= 0.6 is 0 Å². The number of ether oxygens (including phenoxy) is 1. The van der Waals surface area contributed by atoms with E-state index in [0.717, 1.165) is 51.4 Å². The summed E-state index contributed by atoms with van der Waals surface area (Å²) in [7, 11) is 0. The molecule has 0 aromatic heterocycles. The standard InChI is InChI=1S/C31H51N3O5/c1-7-9-10-16-21-34(29(37)26(22(3)8-2)33-30(38)39-31(4,5)6)27(24-19-14-15-20-25(24)35)28(36)32-23-17-12-11-13-18-23/h14-15,19-20,22-23,26-27,35H,7-13,16-18,21H2,1-6H3,(H,32,36)(H,33,38). The Morgan fingerprint density at radius 1 is 1.05 bits per heavy atom. The van der Waals surface area contributed by atoms with Gasteiger partial charge in [0.15, 0.2) is 0 Å². The van der Waals surface area contributed by atoms with Crippen molar-refractivity contribution in [2.45, 2.75) is 129 Å². The minimum atomic E-state index is -1.02. The number of hydrogen-bond donors (Lipinski definition) is 3. The Morgan fingerprint density at radius 3 is 2.31 bits per heavy atom. The van der Waals surface area contributed by atoms with Gasteiger partial charge >= 0.3 is 6.09 Å². The van der Waals surface area contributed by atoms with E-state index in [4.69, 9.17) is 4.74 Å². The number of nitrogens with one attached hydrogen (secondary N) is 2. The molecule has 1 saturated carbocycles. The van der Waals surface area contributed by atoms with Gasteiger partial charge < -0.3 is 25.4 Å². The molecule has 1 aromatic rings. The van der Waals surface area contributed by atoms with Crippen LogP contribution in [0.5, 0.6) is 5.75 Å². The molecule has 3 amide bonds. The van der Waals surface area contributed by atoms with Gasteiger partial charge in [-0.3, -0.25) is 9.59 Å². The van der Waals surface area contributed by atoms with Crippen molar-refractivity contribution in [3.05, 3.63) is 29.8 Å². The van der Waals surface area contributed by atoms with Crippen LogP contribution in [0.3, 0.4) is 0 Å². The normalized spacial score (nSPS) is 16.6. The lowest BCUT2D eigenvalue weighted by molar-refractivity contribution is -0.144. The first-order chi connectivity index (χ1) is 18.5. The molecular formula is C31H51N3O5. The number of aromatic hydroxyl groups is 1. The summed E-state index contributed by atoms with van der Waals surface area (Å²) in [4.78, 5) is 42.6. The molecule has 1 aliphatic rings. The molecule has 0 radical (unpaired) electrons. The third-order valence-electron chi connectivity index (χ3n) is 7.43. The van der Waals surface area contributed by atoms with Crippen molar-refractivity contribution in [2.75, 3.05) is 6.54 Å². The number of carbonyl (C=O) groups is 3. The van der Waals surface area contributed by atoms with E-state index in [9.17, 15) is 19.5 Å². The smallest absolute Gasteiger partial charge is 0.408 e. The number of rotatable bonds is 13. The first-order valence-corrected chi connectivity index (χ1v) is 14.9. The van der Waals surface area contributed by atoms with Crippen LogP contribution in [0.25, 0.3) is 0 Å². The summed E-state index contributed by atoms with van der Waals surface area (Å²) in [6, 6.07) is 4.85. The van der Waals surface area contributed by atoms with Gasteiger partial charge in [-0.1, -0.05) is 83.9 Å². The van der Waals surface area contributed by atoms with Gasteiger partial charge in [-0.15, -0.1) is 0 Å². The minimum absolute atomic E-state index is 0.0344. The summed E-state index contributed by atoms with van der Waals surface area (Å²) in [5.41, 5.74) is -0.333. The molecule has 1 fully saturated rings. The van der Waals surface area contributed by atoms with Gasteiger partial charge in [0.1, 0.15) is 23.4 Å². The Balaban J connectivity index is 2.49. The molecule has 0 saturated heterocycles. The Labute approximate surface area is 235 Å². The van der Waals surface area contributed by atoms with Gasteiger partial charge in [0.2, 0.25) is 11.8 Å². The summed E-state index contributed by atoms with van der Waals surface area (Å²) in [5.74, 6) is -0.881. The van der Waals surface area contributed by atoms with E-state index in [-0.39, 0.29) is 29.5 Å². The zero-order valence-corrected chi connectivity index (χ0v) is 24.9. The molecule has 8 nitrogen and oxygen atoms in total. The molecule has 0 spiro atoms. The van der Waals surface area contributed by atoms with Gasteiger partial charge in [0.05, 0.1) is 0 Å². The number of nitrogens with zero attached hydrogens (tertiary/aromatic N) is 1. The van der Waals surface area contributed by atoms with Crippen LogP contribution in [-0.2, 0) is 14.3 Å². The third-order valence-corrected chi connectivity index (χ3v) is 7.43. The fourth-order valence-corrected chi connectivity index (χ4v) is 5.07. The predicted molar refractivity (Wildman–Crippen MR) is 154 cm³/mol. The molecule has 2 rings (SSSR count). The molecule has 0 bridgehead atoms. The van der Waals surface area contributed by atoms with Gasteiger partial charge in [0.25, 0.3) is 0 Å². The van der Waals surface area contributed by atoms with E-state index in [1.807, 2.05) is 13.8 Å². The zero-order chi connectivity index (χ0) is 29.0. The van der Waals surface area contributed by atoms with E-state index in [1.165, 1.54) is 0 Å². The highest BCUT2D eigenvalue weighted by molar-refractivity contribution is 5.92. The lowest BCUT2D eigenvalue weighted by atomic mass is 9.93. The maximum Gasteiger partial charge on any atom is 0.408 e. The number of amides is 3. The minimum Gasteiger partial charge on any atom is -0.508 e. The topological polar surface area (TPSA) is 108 Å². The Bertz CT molecular complexity index is 923. The summed E-state index contributed by atoms with van der Waals surface area (Å²) >= 11 is 0. The molecule has 39 heavy (non-hydrogen) atoms. The quantitative estimate of drug-likeness (QED) is 0.255. The number of hydrogen-bond acceptors (Lipinski definition) is 5. The molecule has 8 heteroatoms. The van der Waals surface area contributed by atoms with Gasteiger partial charge in [-0.05, 0) is 52.0 Å². The van der Waals surface area contributed by atoms with Crippen LogP contribution in [0.15, 0.2) is 24.3 Å². The van der Waals surface area contributed by atoms with E-state index in [0.29, 0.717) is 24.9 Å². The van der Waals surface area contributed by atoms with E-state index < -0.39 is 23.8 Å². The average molecular weight is 546 g/mol. The van der Waals surface area contributed by atoms with Crippen molar-refractivity contribution in [3.8, 4) is 5.75 Å². The molecule has 220 valence electrons. The molecule has 1 aliphatic carbocycles. The maximum atomic E-state index is 14.3. The fourth-order valence-electron chi connectivity index (χ4n) is 5.07. The largest absolute Gasteiger partial charge is 0.508 e. The summed E-state index contributed by atoms with van der Waals surface area (Å²) in [6.45, 7) is 11.6. The summed E-state index contributed by atoms with van der Waals surface area (Å²) < 4.78 is 5.48. The van der Waals surface area contributed by atoms with Crippen LogP contribution in [0, 0.1) is 5.92 Å². The third kappa shape index (κ3) is 10.4. The highest BCUT2D eigenvalue weighted by atomic mass is 16.6. The summed E-state index contributed by atoms with van der Waals surface area (Å²) in [6.07, 6.45) is 8.72. The molecule has 3 atom stereocenters. The van der Waals surface area contributed by atoms with Crippen molar-refractivity contribution in [1.29, 1.82) is 0 Å².